The van der Waals surface area contributed by atoms with Crippen molar-refractivity contribution in [2.24, 2.45) is 13.0 Å². The predicted molar refractivity (Wildman–Crippen MR) is 116 cm³/mol. The molecule has 2 bridgehead atoms. The van der Waals surface area contributed by atoms with Crippen LogP contribution in [0.3, 0.4) is 0 Å². The van der Waals surface area contributed by atoms with Gasteiger partial charge in [0.05, 0.1) is 12.2 Å². The summed E-state index contributed by atoms with van der Waals surface area (Å²) >= 11 is 0. The summed E-state index contributed by atoms with van der Waals surface area (Å²) in [5, 5.41) is 10.9. The normalized spacial score (nSPS) is 26.3. The first-order valence-corrected chi connectivity index (χ1v) is 11.6. The number of carbonyl (C=O) groups is 2. The zero-order chi connectivity index (χ0) is 21.5. The van der Waals surface area contributed by atoms with Gasteiger partial charge in [0.15, 0.2) is 0 Å². The van der Waals surface area contributed by atoms with Gasteiger partial charge >= 0.3 is 0 Å². The van der Waals surface area contributed by atoms with Crippen molar-refractivity contribution in [3.05, 3.63) is 17.0 Å². The number of nitrogens with zero attached hydrogens (tertiary/aromatic N) is 3. The Bertz CT molecular complexity index is 795. The second-order valence-electron chi connectivity index (χ2n) is 10.5. The molecule has 0 spiro atoms. The number of hydrogen-bond acceptors (Lipinski definition) is 4. The van der Waals surface area contributed by atoms with E-state index in [1.165, 1.54) is 6.42 Å². The van der Waals surface area contributed by atoms with Crippen LogP contribution in [-0.2, 0) is 24.7 Å². The minimum atomic E-state index is -0.191. The van der Waals surface area contributed by atoms with Gasteiger partial charge in [-0.1, -0.05) is 0 Å². The number of aromatic nitrogens is 2. The average Bonchev–Trinajstić information content (AvgIpc) is 3.09. The molecular formula is C23H37N5O2. The van der Waals surface area contributed by atoms with Crippen molar-refractivity contribution in [3.8, 4) is 0 Å². The summed E-state index contributed by atoms with van der Waals surface area (Å²) in [5.74, 6) is 0.622. The zero-order valence-corrected chi connectivity index (χ0v) is 19.0. The molecular weight excluding hydrogens is 378 g/mol. The first-order chi connectivity index (χ1) is 14.2. The van der Waals surface area contributed by atoms with Crippen LogP contribution < -0.4 is 10.6 Å². The molecule has 7 heteroatoms. The van der Waals surface area contributed by atoms with Crippen molar-refractivity contribution >= 4 is 11.8 Å². The van der Waals surface area contributed by atoms with Gasteiger partial charge in [0.1, 0.15) is 5.69 Å². The van der Waals surface area contributed by atoms with Crippen LogP contribution in [0.2, 0.25) is 0 Å². The number of piperidine rings is 1. The lowest BCUT2D eigenvalue weighted by molar-refractivity contribution is -0.125. The Kier molecular flexibility index (Phi) is 5.93. The number of amides is 2. The molecule has 2 fully saturated rings. The van der Waals surface area contributed by atoms with Crippen LogP contribution in [0.25, 0.3) is 0 Å². The summed E-state index contributed by atoms with van der Waals surface area (Å²) in [4.78, 5) is 27.7. The van der Waals surface area contributed by atoms with Crippen molar-refractivity contribution in [2.75, 3.05) is 13.1 Å². The monoisotopic (exact) mass is 415 g/mol. The maximum Gasteiger partial charge on any atom is 0.269 e. The van der Waals surface area contributed by atoms with E-state index < -0.39 is 0 Å². The third kappa shape index (κ3) is 4.56. The molecule has 0 radical (unpaired) electrons. The molecule has 1 aromatic heterocycles. The molecule has 3 heterocycles. The first-order valence-electron chi connectivity index (χ1n) is 11.6. The van der Waals surface area contributed by atoms with E-state index in [0.717, 1.165) is 61.9 Å². The molecule has 1 unspecified atom stereocenters. The standard InChI is InChI=1S/C23H37N5O2/c1-23(2,3)25-20(29)14-28-16-9-10-17(28)12-15(11-16)13-24-22(30)21-18-7-5-6-8-19(18)26-27(21)4/h15-17H,5-14H2,1-4H3,(H,24,30)(H,25,29)/t15?,16-,17+. The molecule has 1 aromatic rings. The van der Waals surface area contributed by atoms with E-state index in [4.69, 9.17) is 0 Å². The zero-order valence-electron chi connectivity index (χ0n) is 19.0. The van der Waals surface area contributed by atoms with Crippen LogP contribution in [0.1, 0.15) is 81.0 Å². The second kappa shape index (κ2) is 8.33. The highest BCUT2D eigenvalue weighted by atomic mass is 16.2. The Labute approximate surface area is 180 Å². The molecule has 4 rings (SSSR count). The van der Waals surface area contributed by atoms with E-state index >= 15 is 0 Å². The maximum atomic E-state index is 12.9. The Balaban J connectivity index is 1.31. The van der Waals surface area contributed by atoms with Crippen LogP contribution in [0.4, 0.5) is 0 Å². The van der Waals surface area contributed by atoms with Gasteiger partial charge in [0, 0.05) is 36.8 Å². The number of rotatable bonds is 5. The Morgan fingerprint density at radius 3 is 2.43 bits per heavy atom. The molecule has 30 heavy (non-hydrogen) atoms. The van der Waals surface area contributed by atoms with Gasteiger partial charge in [0.2, 0.25) is 5.91 Å². The highest BCUT2D eigenvalue weighted by Gasteiger charge is 2.41. The largest absolute Gasteiger partial charge is 0.350 e. The van der Waals surface area contributed by atoms with Gasteiger partial charge in [-0.2, -0.15) is 5.10 Å². The topological polar surface area (TPSA) is 79.3 Å². The van der Waals surface area contributed by atoms with Gasteiger partial charge < -0.3 is 10.6 Å². The lowest BCUT2D eigenvalue weighted by atomic mass is 9.90. The van der Waals surface area contributed by atoms with E-state index in [9.17, 15) is 9.59 Å². The molecule has 2 saturated heterocycles. The van der Waals surface area contributed by atoms with Crippen LogP contribution in [0.5, 0.6) is 0 Å². The van der Waals surface area contributed by atoms with Crippen molar-refractivity contribution < 1.29 is 9.59 Å². The molecule has 1 aliphatic carbocycles. The van der Waals surface area contributed by atoms with Crippen LogP contribution in [0.15, 0.2) is 0 Å². The van der Waals surface area contributed by atoms with Gasteiger partial charge in [0.25, 0.3) is 5.91 Å². The van der Waals surface area contributed by atoms with Gasteiger partial charge in [-0.3, -0.25) is 19.2 Å². The lowest BCUT2D eigenvalue weighted by Gasteiger charge is -2.39. The summed E-state index contributed by atoms with van der Waals surface area (Å²) in [6, 6.07) is 0.918. The van der Waals surface area contributed by atoms with Crippen molar-refractivity contribution in [1.82, 2.24) is 25.3 Å². The highest BCUT2D eigenvalue weighted by Crippen LogP contribution is 2.38. The summed E-state index contributed by atoms with van der Waals surface area (Å²) in [7, 11) is 1.88. The predicted octanol–water partition coefficient (Wildman–Crippen LogP) is 2.19. The van der Waals surface area contributed by atoms with Crippen LogP contribution >= 0.6 is 0 Å². The van der Waals surface area contributed by atoms with E-state index in [0.29, 0.717) is 31.1 Å². The van der Waals surface area contributed by atoms with E-state index in [2.05, 4.69) is 20.6 Å². The minimum Gasteiger partial charge on any atom is -0.350 e. The molecule has 2 aliphatic heterocycles. The van der Waals surface area contributed by atoms with Gasteiger partial charge in [-0.25, -0.2) is 0 Å². The SMILES string of the molecule is Cn1nc2c(c1C(=O)NCC1C[C@H]3CC[C@@H](C1)N3CC(=O)NC(C)(C)C)CCCC2. The molecule has 2 amide bonds. The maximum absolute atomic E-state index is 12.9. The molecule has 3 atom stereocenters. The van der Waals surface area contributed by atoms with E-state index in [1.807, 2.05) is 27.8 Å². The van der Waals surface area contributed by atoms with Crippen molar-refractivity contribution in [2.45, 2.75) is 89.8 Å². The van der Waals surface area contributed by atoms with E-state index in [-0.39, 0.29) is 17.4 Å². The summed E-state index contributed by atoms with van der Waals surface area (Å²) in [5.41, 5.74) is 2.82. The first kappa shape index (κ1) is 21.3. The number of hydrogen-bond donors (Lipinski definition) is 2. The summed E-state index contributed by atoms with van der Waals surface area (Å²) in [6.45, 7) is 7.27. The Hall–Kier alpha value is -1.89. The summed E-state index contributed by atoms with van der Waals surface area (Å²) in [6.07, 6.45) is 8.70. The fourth-order valence-electron chi connectivity index (χ4n) is 5.72. The molecule has 166 valence electrons. The molecule has 7 nitrogen and oxygen atoms in total. The average molecular weight is 416 g/mol. The molecule has 3 aliphatic rings. The molecule has 0 aromatic carbocycles. The Morgan fingerprint density at radius 2 is 1.77 bits per heavy atom. The smallest absolute Gasteiger partial charge is 0.269 e. The quantitative estimate of drug-likeness (QED) is 0.773. The number of nitrogens with one attached hydrogen (secondary N) is 2. The third-order valence-corrected chi connectivity index (χ3v) is 6.91. The third-order valence-electron chi connectivity index (χ3n) is 6.91. The number of fused-ring (bicyclic) bond motifs is 3. The van der Waals surface area contributed by atoms with Crippen molar-refractivity contribution in [3.63, 3.8) is 0 Å². The number of aryl methyl sites for hydroxylation is 2. The fraction of sp³-hybridized carbons (Fsp3) is 0.783. The summed E-state index contributed by atoms with van der Waals surface area (Å²) < 4.78 is 1.77. The van der Waals surface area contributed by atoms with Crippen LogP contribution in [0, 0.1) is 5.92 Å². The number of carbonyl (C=O) groups excluding carboxylic acids is 2. The lowest BCUT2D eigenvalue weighted by Crippen LogP contribution is -2.52. The molecule has 2 N–H and O–H groups in total. The van der Waals surface area contributed by atoms with Crippen molar-refractivity contribution in [1.29, 1.82) is 0 Å². The minimum absolute atomic E-state index is 0.0208. The highest BCUT2D eigenvalue weighted by molar-refractivity contribution is 5.94. The van der Waals surface area contributed by atoms with Crippen LogP contribution in [-0.4, -0.2) is 57.2 Å². The van der Waals surface area contributed by atoms with Gasteiger partial charge in [-0.15, -0.1) is 0 Å². The Morgan fingerprint density at radius 1 is 1.10 bits per heavy atom. The van der Waals surface area contributed by atoms with E-state index in [1.54, 1.807) is 4.68 Å². The molecule has 0 saturated carbocycles. The van der Waals surface area contributed by atoms with Gasteiger partial charge in [-0.05, 0) is 78.1 Å². The fourth-order valence-corrected chi connectivity index (χ4v) is 5.72. The second-order valence-corrected chi connectivity index (χ2v) is 10.5.